The van der Waals surface area contributed by atoms with Crippen LogP contribution in [-0.4, -0.2) is 60.4 Å². The van der Waals surface area contributed by atoms with Crippen molar-refractivity contribution in [1.29, 1.82) is 0 Å². The highest BCUT2D eigenvalue weighted by atomic mass is 127. The Balaban J connectivity index is 0.00000300. The van der Waals surface area contributed by atoms with Gasteiger partial charge in [-0.05, 0) is 37.3 Å². The number of aliphatic imine (C=N–C) groups is 1. The predicted octanol–water partition coefficient (Wildman–Crippen LogP) is 2.82. The smallest absolute Gasteiger partial charge is 0.222 e. The van der Waals surface area contributed by atoms with Gasteiger partial charge in [0.1, 0.15) is 0 Å². The molecular weight excluding hydrogens is 477 g/mol. The van der Waals surface area contributed by atoms with Crippen LogP contribution in [0.1, 0.15) is 44.7 Å². The first-order chi connectivity index (χ1) is 13.5. The molecule has 2 fully saturated rings. The predicted molar refractivity (Wildman–Crippen MR) is 130 cm³/mol. The Labute approximate surface area is 192 Å². The summed E-state index contributed by atoms with van der Waals surface area (Å²) in [4.78, 5) is 20.6. The summed E-state index contributed by atoms with van der Waals surface area (Å²) in [5.41, 5.74) is 2.40. The SMILES string of the molecule is CN=C(NCc1ccc(CN2CCCC2=O)cc1)NC1CN(C(C)C)CC1C.I. The largest absolute Gasteiger partial charge is 0.352 e. The summed E-state index contributed by atoms with van der Waals surface area (Å²) in [6.45, 7) is 11.3. The summed E-state index contributed by atoms with van der Waals surface area (Å²) in [7, 11) is 1.82. The van der Waals surface area contributed by atoms with Crippen LogP contribution in [0, 0.1) is 5.92 Å². The van der Waals surface area contributed by atoms with Crippen LogP contribution < -0.4 is 10.6 Å². The number of hydrogen-bond acceptors (Lipinski definition) is 3. The summed E-state index contributed by atoms with van der Waals surface area (Å²) in [5.74, 6) is 1.74. The number of nitrogens with zero attached hydrogens (tertiary/aromatic N) is 3. The number of halogens is 1. The Kier molecular flexibility index (Phi) is 9.20. The summed E-state index contributed by atoms with van der Waals surface area (Å²) >= 11 is 0. The fourth-order valence-corrected chi connectivity index (χ4v) is 4.02. The van der Waals surface area contributed by atoms with Crippen LogP contribution in [-0.2, 0) is 17.9 Å². The van der Waals surface area contributed by atoms with Crippen molar-refractivity contribution < 1.29 is 4.79 Å². The molecule has 7 heteroatoms. The second-order valence-corrected chi connectivity index (χ2v) is 8.44. The van der Waals surface area contributed by atoms with Gasteiger partial charge in [0.15, 0.2) is 5.96 Å². The van der Waals surface area contributed by atoms with E-state index in [0.29, 0.717) is 24.4 Å². The summed E-state index contributed by atoms with van der Waals surface area (Å²) in [6, 6.07) is 9.52. The molecule has 2 heterocycles. The molecule has 1 aromatic rings. The maximum atomic E-state index is 11.8. The fraction of sp³-hybridized carbons (Fsp3) is 0.636. The molecule has 2 unspecified atom stereocenters. The molecule has 0 radical (unpaired) electrons. The van der Waals surface area contributed by atoms with E-state index < -0.39 is 0 Å². The van der Waals surface area contributed by atoms with E-state index in [4.69, 9.17) is 0 Å². The van der Waals surface area contributed by atoms with Crippen LogP contribution in [0.25, 0.3) is 0 Å². The topological polar surface area (TPSA) is 60.0 Å². The maximum Gasteiger partial charge on any atom is 0.222 e. The Hall–Kier alpha value is -1.35. The zero-order valence-electron chi connectivity index (χ0n) is 18.1. The van der Waals surface area contributed by atoms with Gasteiger partial charge in [-0.15, -0.1) is 24.0 Å². The van der Waals surface area contributed by atoms with Crippen molar-refractivity contribution in [2.45, 2.75) is 58.8 Å². The molecule has 0 bridgehead atoms. The van der Waals surface area contributed by atoms with E-state index in [9.17, 15) is 4.79 Å². The lowest BCUT2D eigenvalue weighted by Gasteiger charge is -2.22. The van der Waals surface area contributed by atoms with E-state index in [1.54, 1.807) is 0 Å². The number of likely N-dealkylation sites (tertiary alicyclic amines) is 2. The fourth-order valence-electron chi connectivity index (χ4n) is 4.02. The second kappa shape index (κ2) is 11.2. The van der Waals surface area contributed by atoms with E-state index in [-0.39, 0.29) is 29.9 Å². The number of guanidine groups is 1. The number of amides is 1. The molecule has 6 nitrogen and oxygen atoms in total. The number of hydrogen-bond donors (Lipinski definition) is 2. The average molecular weight is 513 g/mol. The Morgan fingerprint density at radius 2 is 1.90 bits per heavy atom. The molecule has 29 heavy (non-hydrogen) atoms. The van der Waals surface area contributed by atoms with Gasteiger partial charge in [-0.2, -0.15) is 0 Å². The highest BCUT2D eigenvalue weighted by molar-refractivity contribution is 14.0. The van der Waals surface area contributed by atoms with Crippen molar-refractivity contribution in [1.82, 2.24) is 20.4 Å². The minimum atomic E-state index is 0. The van der Waals surface area contributed by atoms with E-state index in [2.05, 4.69) is 65.6 Å². The molecule has 1 aromatic carbocycles. The second-order valence-electron chi connectivity index (χ2n) is 8.44. The minimum Gasteiger partial charge on any atom is -0.352 e. The molecular formula is C22H36IN5O. The number of rotatable bonds is 6. The van der Waals surface area contributed by atoms with Crippen molar-refractivity contribution in [2.75, 3.05) is 26.7 Å². The van der Waals surface area contributed by atoms with Gasteiger partial charge in [0.05, 0.1) is 0 Å². The number of benzene rings is 1. The van der Waals surface area contributed by atoms with Gasteiger partial charge < -0.3 is 15.5 Å². The molecule has 2 aliphatic heterocycles. The molecule has 0 spiro atoms. The molecule has 2 N–H and O–H groups in total. The van der Waals surface area contributed by atoms with Crippen molar-refractivity contribution in [3.8, 4) is 0 Å². The minimum absolute atomic E-state index is 0. The molecule has 0 aliphatic carbocycles. The van der Waals surface area contributed by atoms with E-state index >= 15 is 0 Å². The van der Waals surface area contributed by atoms with Crippen LogP contribution in [0.3, 0.4) is 0 Å². The third kappa shape index (κ3) is 6.57. The molecule has 0 saturated carbocycles. The molecule has 162 valence electrons. The van der Waals surface area contributed by atoms with E-state index in [1.165, 1.54) is 11.1 Å². The highest BCUT2D eigenvalue weighted by Gasteiger charge is 2.31. The van der Waals surface area contributed by atoms with Crippen LogP contribution in [0.4, 0.5) is 0 Å². The molecule has 1 amide bonds. The lowest BCUT2D eigenvalue weighted by molar-refractivity contribution is -0.128. The van der Waals surface area contributed by atoms with Crippen LogP contribution in [0.2, 0.25) is 0 Å². The number of nitrogens with one attached hydrogen (secondary N) is 2. The van der Waals surface area contributed by atoms with Gasteiger partial charge >= 0.3 is 0 Å². The van der Waals surface area contributed by atoms with Gasteiger partial charge in [0, 0.05) is 58.3 Å². The van der Waals surface area contributed by atoms with Gasteiger partial charge in [0.2, 0.25) is 5.91 Å². The van der Waals surface area contributed by atoms with Crippen molar-refractivity contribution >= 4 is 35.8 Å². The normalized spacial score (nSPS) is 22.9. The quantitative estimate of drug-likeness (QED) is 0.349. The van der Waals surface area contributed by atoms with E-state index in [1.807, 2.05) is 11.9 Å². The van der Waals surface area contributed by atoms with Crippen molar-refractivity contribution in [3.05, 3.63) is 35.4 Å². The van der Waals surface area contributed by atoms with Gasteiger partial charge in [-0.25, -0.2) is 0 Å². The maximum absolute atomic E-state index is 11.8. The summed E-state index contributed by atoms with van der Waals surface area (Å²) < 4.78 is 0. The first-order valence-electron chi connectivity index (χ1n) is 10.5. The molecule has 0 aromatic heterocycles. The third-order valence-corrected chi connectivity index (χ3v) is 5.94. The van der Waals surface area contributed by atoms with Crippen LogP contribution >= 0.6 is 24.0 Å². The third-order valence-electron chi connectivity index (χ3n) is 5.94. The first kappa shape index (κ1) is 23.9. The molecule has 3 rings (SSSR count). The van der Waals surface area contributed by atoms with Crippen LogP contribution in [0.5, 0.6) is 0 Å². The molecule has 2 atom stereocenters. The van der Waals surface area contributed by atoms with E-state index in [0.717, 1.165) is 45.1 Å². The summed E-state index contributed by atoms with van der Waals surface area (Å²) in [5, 5.41) is 7.02. The summed E-state index contributed by atoms with van der Waals surface area (Å²) in [6.07, 6.45) is 1.68. The van der Waals surface area contributed by atoms with Gasteiger partial charge in [-0.1, -0.05) is 31.2 Å². The monoisotopic (exact) mass is 513 g/mol. The molecule has 2 aliphatic rings. The lowest BCUT2D eigenvalue weighted by Crippen LogP contribution is -2.46. The van der Waals surface area contributed by atoms with Gasteiger partial charge in [0.25, 0.3) is 0 Å². The molecule has 2 saturated heterocycles. The van der Waals surface area contributed by atoms with Crippen LogP contribution in [0.15, 0.2) is 29.3 Å². The Morgan fingerprint density at radius 3 is 2.45 bits per heavy atom. The lowest BCUT2D eigenvalue weighted by atomic mass is 10.1. The zero-order valence-corrected chi connectivity index (χ0v) is 20.5. The Bertz CT molecular complexity index is 691. The number of carbonyl (C=O) groups excluding carboxylic acids is 1. The number of carbonyl (C=O) groups is 1. The van der Waals surface area contributed by atoms with Crippen molar-refractivity contribution in [2.24, 2.45) is 10.9 Å². The highest BCUT2D eigenvalue weighted by Crippen LogP contribution is 2.18. The van der Waals surface area contributed by atoms with Gasteiger partial charge in [-0.3, -0.25) is 14.7 Å². The standard InChI is InChI=1S/C22H35N5O.HI/c1-16(2)27-13-17(3)20(15-27)25-22(23-4)24-12-18-7-9-19(10-8-18)14-26-11-5-6-21(26)28;/h7-10,16-17,20H,5-6,11-15H2,1-4H3,(H2,23,24,25);1H. The average Bonchev–Trinajstić information content (AvgIpc) is 3.25. The Morgan fingerprint density at radius 1 is 1.21 bits per heavy atom. The first-order valence-corrected chi connectivity index (χ1v) is 10.5. The zero-order chi connectivity index (χ0) is 20.1. The van der Waals surface area contributed by atoms with Crippen molar-refractivity contribution in [3.63, 3.8) is 0 Å².